The van der Waals surface area contributed by atoms with Crippen molar-refractivity contribution in [3.63, 3.8) is 0 Å². The van der Waals surface area contributed by atoms with Gasteiger partial charge >= 0.3 is 0 Å². The summed E-state index contributed by atoms with van der Waals surface area (Å²) in [5.74, 6) is 0.988. The van der Waals surface area contributed by atoms with Crippen LogP contribution in [0.15, 0.2) is 45.7 Å². The summed E-state index contributed by atoms with van der Waals surface area (Å²) in [6.45, 7) is 0.761. The van der Waals surface area contributed by atoms with Crippen molar-refractivity contribution in [3.05, 3.63) is 35.7 Å². The van der Waals surface area contributed by atoms with E-state index >= 15 is 0 Å². The first-order chi connectivity index (χ1) is 6.95. The van der Waals surface area contributed by atoms with E-state index in [1.807, 2.05) is 6.08 Å². The second kappa shape index (κ2) is 3.06. The fraction of sp³-hybridized carbons (Fsp3) is 0.100. The molecule has 0 amide bonds. The third kappa shape index (κ3) is 1.11. The number of hydrazone groups is 1. The van der Waals surface area contributed by atoms with E-state index in [0.717, 1.165) is 12.5 Å². The van der Waals surface area contributed by atoms with Crippen molar-refractivity contribution in [1.29, 1.82) is 0 Å². The second-order valence-corrected chi connectivity index (χ2v) is 4.05. The van der Waals surface area contributed by atoms with Crippen LogP contribution in [0.3, 0.4) is 0 Å². The van der Waals surface area contributed by atoms with Crippen LogP contribution in [0.5, 0.6) is 0 Å². The summed E-state index contributed by atoms with van der Waals surface area (Å²) in [7, 11) is 0. The first-order valence-corrected chi connectivity index (χ1v) is 5.33. The highest BCUT2D eigenvalue weighted by Gasteiger charge is 2.20. The quantitative estimate of drug-likeness (QED) is 0.698. The number of nitrogens with one attached hydrogen (secondary N) is 1. The Morgan fingerprint density at radius 3 is 3.29 bits per heavy atom. The number of hydrogen-bond donors (Lipinski definition) is 1. The number of hydrogen-bond acceptors (Lipinski definition) is 4. The van der Waals surface area contributed by atoms with Gasteiger partial charge in [0.1, 0.15) is 6.67 Å². The monoisotopic (exact) mass is 203 g/mol. The Bertz CT molecular complexity index is 425. The van der Waals surface area contributed by atoms with Gasteiger partial charge in [0.05, 0.1) is 5.69 Å². The fourth-order valence-electron chi connectivity index (χ4n) is 1.61. The smallest absolute Gasteiger partial charge is 0.154 e. The van der Waals surface area contributed by atoms with Crippen molar-refractivity contribution in [2.75, 3.05) is 11.6 Å². The molecule has 3 rings (SSSR count). The predicted molar refractivity (Wildman–Crippen MR) is 59.4 cm³/mol. The van der Waals surface area contributed by atoms with Crippen LogP contribution in [0.1, 0.15) is 0 Å². The van der Waals surface area contributed by atoms with E-state index in [2.05, 4.69) is 45.1 Å². The Hall–Kier alpha value is -1.42. The summed E-state index contributed by atoms with van der Waals surface area (Å²) in [6, 6.07) is 8.37. The van der Waals surface area contributed by atoms with Gasteiger partial charge in [0.15, 0.2) is 5.84 Å². The molecule has 1 aromatic carbocycles. The van der Waals surface area contributed by atoms with Crippen molar-refractivity contribution in [3.8, 4) is 0 Å². The van der Waals surface area contributed by atoms with Crippen LogP contribution < -0.4 is 10.3 Å². The molecule has 2 heterocycles. The van der Waals surface area contributed by atoms with E-state index in [1.54, 1.807) is 11.8 Å². The zero-order chi connectivity index (χ0) is 9.38. The molecule has 1 aromatic rings. The minimum Gasteiger partial charge on any atom is -0.304 e. The van der Waals surface area contributed by atoms with Gasteiger partial charge in [0.25, 0.3) is 0 Å². The Morgan fingerprint density at radius 1 is 1.36 bits per heavy atom. The van der Waals surface area contributed by atoms with Gasteiger partial charge in [-0.15, -0.1) is 0 Å². The number of fused-ring (bicyclic) bond motifs is 3. The Kier molecular flexibility index (Phi) is 1.73. The van der Waals surface area contributed by atoms with Crippen LogP contribution in [-0.2, 0) is 0 Å². The maximum atomic E-state index is 4.21. The molecule has 3 nitrogen and oxygen atoms in total. The summed E-state index contributed by atoms with van der Waals surface area (Å²) in [6.07, 6.45) is 2.03. The number of thioether (sulfide) groups is 1. The summed E-state index contributed by atoms with van der Waals surface area (Å²) in [4.78, 5) is 3.45. The lowest BCUT2D eigenvalue weighted by atomic mass is 10.3. The van der Waals surface area contributed by atoms with Gasteiger partial charge in [-0.25, -0.2) is 0 Å². The van der Waals surface area contributed by atoms with Crippen LogP contribution in [0.2, 0.25) is 0 Å². The molecule has 0 aliphatic carbocycles. The lowest BCUT2D eigenvalue weighted by Crippen LogP contribution is -2.27. The first kappa shape index (κ1) is 7.94. The summed E-state index contributed by atoms with van der Waals surface area (Å²) < 4.78 is 0. The molecule has 0 saturated carbocycles. The maximum Gasteiger partial charge on any atom is 0.154 e. The lowest BCUT2D eigenvalue weighted by molar-refractivity contribution is 0.805. The van der Waals surface area contributed by atoms with Crippen molar-refractivity contribution in [2.24, 2.45) is 5.10 Å². The zero-order valence-electron chi connectivity index (χ0n) is 7.47. The molecule has 70 valence electrons. The van der Waals surface area contributed by atoms with Crippen LogP contribution >= 0.6 is 11.8 Å². The molecule has 2 aliphatic rings. The molecule has 0 radical (unpaired) electrons. The molecule has 0 spiro atoms. The molecule has 2 aliphatic heterocycles. The van der Waals surface area contributed by atoms with E-state index < -0.39 is 0 Å². The van der Waals surface area contributed by atoms with Crippen molar-refractivity contribution >= 4 is 23.3 Å². The third-order valence-electron chi connectivity index (χ3n) is 2.27. The van der Waals surface area contributed by atoms with Crippen LogP contribution in [0.4, 0.5) is 5.69 Å². The van der Waals surface area contributed by atoms with E-state index in [-0.39, 0.29) is 0 Å². The lowest BCUT2D eigenvalue weighted by Gasteiger charge is -2.17. The van der Waals surface area contributed by atoms with Gasteiger partial charge in [-0.1, -0.05) is 23.9 Å². The predicted octanol–water partition coefficient (Wildman–Crippen LogP) is 1.99. The average Bonchev–Trinajstić information content (AvgIpc) is 2.61. The highest BCUT2D eigenvalue weighted by Crippen LogP contribution is 2.33. The third-order valence-corrected chi connectivity index (χ3v) is 3.14. The average molecular weight is 203 g/mol. The first-order valence-electron chi connectivity index (χ1n) is 4.45. The standard InChI is InChI=1S/C10H9N3S/c1-2-4-9-8(3-1)13-7-11-12-10(13)5-6-14-9/h1-6,11H,7H2. The maximum absolute atomic E-state index is 4.21. The minimum atomic E-state index is 0.761. The summed E-state index contributed by atoms with van der Waals surface area (Å²) >= 11 is 1.74. The van der Waals surface area contributed by atoms with Gasteiger partial charge in [-0.3, -0.25) is 5.43 Å². The number of nitrogens with zero attached hydrogens (tertiary/aromatic N) is 2. The molecule has 0 aromatic heterocycles. The number of amidine groups is 1. The summed E-state index contributed by atoms with van der Waals surface area (Å²) in [5.41, 5.74) is 4.21. The Morgan fingerprint density at radius 2 is 2.29 bits per heavy atom. The van der Waals surface area contributed by atoms with Gasteiger partial charge in [-0.2, -0.15) is 5.10 Å². The van der Waals surface area contributed by atoms with Crippen LogP contribution in [-0.4, -0.2) is 12.5 Å². The van der Waals surface area contributed by atoms with Gasteiger partial charge in [-0.05, 0) is 23.6 Å². The molecule has 0 fully saturated rings. The zero-order valence-corrected chi connectivity index (χ0v) is 8.29. The van der Waals surface area contributed by atoms with Gasteiger partial charge in [0.2, 0.25) is 0 Å². The SMILES string of the molecule is C1=CC2=NNCN2c2ccccc2S1. The molecule has 1 N–H and O–H groups in total. The second-order valence-electron chi connectivity index (χ2n) is 3.10. The molecule has 0 unspecified atom stereocenters. The fourth-order valence-corrected chi connectivity index (χ4v) is 2.40. The molecule has 0 bridgehead atoms. The number of rotatable bonds is 0. The molecule has 0 saturated heterocycles. The molecule has 0 atom stereocenters. The van der Waals surface area contributed by atoms with E-state index in [4.69, 9.17) is 0 Å². The van der Waals surface area contributed by atoms with Gasteiger partial charge in [0, 0.05) is 4.90 Å². The van der Waals surface area contributed by atoms with Crippen molar-refractivity contribution in [2.45, 2.75) is 4.90 Å². The Balaban J connectivity index is 2.16. The van der Waals surface area contributed by atoms with Crippen LogP contribution in [0, 0.1) is 0 Å². The number of anilines is 1. The number of benzene rings is 1. The highest BCUT2D eigenvalue weighted by atomic mass is 32.2. The van der Waals surface area contributed by atoms with Crippen molar-refractivity contribution in [1.82, 2.24) is 5.43 Å². The molecule has 14 heavy (non-hydrogen) atoms. The largest absolute Gasteiger partial charge is 0.304 e. The van der Waals surface area contributed by atoms with E-state index in [0.29, 0.717) is 0 Å². The van der Waals surface area contributed by atoms with Crippen molar-refractivity contribution < 1.29 is 0 Å². The number of para-hydroxylation sites is 1. The highest BCUT2D eigenvalue weighted by molar-refractivity contribution is 8.02. The normalized spacial score (nSPS) is 18.0. The molecule has 4 heteroatoms. The summed E-state index contributed by atoms with van der Waals surface area (Å²) in [5, 5.41) is 6.28. The van der Waals surface area contributed by atoms with Gasteiger partial charge < -0.3 is 4.90 Å². The van der Waals surface area contributed by atoms with E-state index in [1.165, 1.54) is 10.6 Å². The molecular formula is C10H9N3S. The molecular weight excluding hydrogens is 194 g/mol. The van der Waals surface area contributed by atoms with E-state index in [9.17, 15) is 0 Å². The topological polar surface area (TPSA) is 27.6 Å². The Labute approximate surface area is 86.5 Å². The van der Waals surface area contributed by atoms with Crippen LogP contribution in [0.25, 0.3) is 0 Å². The minimum absolute atomic E-state index is 0.761.